The smallest absolute Gasteiger partial charge is 0.293 e. The van der Waals surface area contributed by atoms with Crippen LogP contribution in [0.4, 0.5) is 0 Å². The van der Waals surface area contributed by atoms with Crippen LogP contribution in [0.25, 0.3) is 0 Å². The maximum atomic E-state index is 12.1. The molecule has 4 rings (SSSR count). The van der Waals surface area contributed by atoms with E-state index in [1.807, 2.05) is 7.05 Å². The number of rotatable bonds is 4. The number of carboxylic acid groups (broad SMARTS) is 1. The van der Waals surface area contributed by atoms with E-state index in [1.54, 1.807) is 7.05 Å². The molecule has 4 N–H and O–H groups in total. The molecule has 0 aromatic carbocycles. The zero-order valence-corrected chi connectivity index (χ0v) is 17.8. The normalized spacial score (nSPS) is 44.2. The van der Waals surface area contributed by atoms with Gasteiger partial charge in [-0.25, -0.2) is 4.99 Å². The fourth-order valence-corrected chi connectivity index (χ4v) is 8.10. The molecule has 160 valence electrons. The first-order valence-electron chi connectivity index (χ1n) is 11.0. The molecule has 0 amide bonds. The Kier molecular flexibility index (Phi) is 5.10. The topological polar surface area (TPSA) is 112 Å². The van der Waals surface area contributed by atoms with Crippen LogP contribution in [0.1, 0.15) is 39.0 Å². The molecule has 7 atom stereocenters. The van der Waals surface area contributed by atoms with Gasteiger partial charge in [0.1, 0.15) is 6.29 Å². The molecule has 4 aliphatic rings. The number of nitrogens with zero attached hydrogens (tertiary/aromatic N) is 1. The summed E-state index contributed by atoms with van der Waals surface area (Å²) in [6.07, 6.45) is 5.46. The molecule has 3 fully saturated rings. The second-order valence-corrected chi connectivity index (χ2v) is 9.70. The lowest BCUT2D eigenvalue weighted by molar-refractivity contribution is -0.828. The third-order valence-corrected chi connectivity index (χ3v) is 9.04. The first kappa shape index (κ1) is 20.5. The molecule has 1 saturated heterocycles. The van der Waals surface area contributed by atoms with Crippen LogP contribution >= 0.6 is 0 Å². The number of nitrogens with one attached hydrogen (secondary N) is 2. The molecule has 0 aromatic rings. The zero-order valence-electron chi connectivity index (χ0n) is 17.8. The first-order chi connectivity index (χ1) is 13.9. The van der Waals surface area contributed by atoms with Crippen LogP contribution in [0, 0.1) is 34.5 Å². The Morgan fingerprint density at radius 2 is 2.17 bits per heavy atom. The van der Waals surface area contributed by atoms with Crippen molar-refractivity contribution in [3.8, 4) is 0 Å². The largest absolute Gasteiger partial charge is 0.545 e. The van der Waals surface area contributed by atoms with Gasteiger partial charge in [-0.2, -0.15) is 0 Å². The van der Waals surface area contributed by atoms with Gasteiger partial charge in [0, 0.05) is 30.2 Å². The van der Waals surface area contributed by atoms with Crippen molar-refractivity contribution in [3.05, 3.63) is 11.1 Å². The minimum atomic E-state index is -1.15. The van der Waals surface area contributed by atoms with Crippen LogP contribution in [0.15, 0.2) is 16.1 Å². The zero-order chi connectivity index (χ0) is 21.0. The Hall–Kier alpha value is -1.73. The van der Waals surface area contributed by atoms with E-state index in [0.29, 0.717) is 35.7 Å². The fourth-order valence-electron chi connectivity index (χ4n) is 8.10. The number of guanidine groups is 1. The minimum Gasteiger partial charge on any atom is -0.545 e. The van der Waals surface area contributed by atoms with Crippen LogP contribution in [-0.4, -0.2) is 51.9 Å². The standard InChI is InChI=1S/C22H34N4O3/c1-13-4-5-15-8-17-18(19(28)29)14(11-27)9-21(13,17)22(15)12-26(20(23)25-3)7-6-16(22)10-24-2/h11,13-16,24H,4-10,12H2,1-3H3,(H2,23,25)(H,28,29)/t13-,14-,15-,16-,21+,22-/m1/s1. The van der Waals surface area contributed by atoms with E-state index < -0.39 is 11.9 Å². The van der Waals surface area contributed by atoms with Crippen LogP contribution in [0.3, 0.4) is 0 Å². The van der Waals surface area contributed by atoms with Crippen LogP contribution in [0.2, 0.25) is 0 Å². The van der Waals surface area contributed by atoms with Crippen molar-refractivity contribution in [2.75, 3.05) is 33.7 Å². The number of hydrogen-bond acceptors (Lipinski definition) is 5. The summed E-state index contributed by atoms with van der Waals surface area (Å²) in [4.78, 5) is 29.5. The van der Waals surface area contributed by atoms with E-state index in [0.717, 1.165) is 57.2 Å². The second-order valence-electron chi connectivity index (χ2n) is 9.70. The van der Waals surface area contributed by atoms with Crippen molar-refractivity contribution in [2.45, 2.75) is 39.0 Å². The molecular weight excluding hydrogens is 368 g/mol. The molecule has 7 nitrogen and oxygen atoms in total. The van der Waals surface area contributed by atoms with Gasteiger partial charge in [0.2, 0.25) is 0 Å². The predicted molar refractivity (Wildman–Crippen MR) is 108 cm³/mol. The molecule has 2 saturated carbocycles. The van der Waals surface area contributed by atoms with Crippen molar-refractivity contribution in [1.82, 2.24) is 5.32 Å². The number of quaternary nitrogens is 1. The third-order valence-electron chi connectivity index (χ3n) is 9.04. The predicted octanol–water partition coefficient (Wildman–Crippen LogP) is -1.26. The Bertz CT molecular complexity index is 778. The van der Waals surface area contributed by atoms with Gasteiger partial charge >= 0.3 is 0 Å². The Labute approximate surface area is 172 Å². The van der Waals surface area contributed by atoms with Gasteiger partial charge in [0.25, 0.3) is 5.96 Å². The molecular formula is C22H34N4O3. The third kappa shape index (κ3) is 2.53. The molecule has 0 aromatic heterocycles. The number of aliphatic carboxylic acids is 1. The van der Waals surface area contributed by atoms with E-state index in [-0.39, 0.29) is 10.8 Å². The maximum Gasteiger partial charge on any atom is 0.293 e. The number of carbonyl (C=O) groups excluding carboxylic acids is 2. The number of aliphatic imine (C=N–C) groups is 1. The highest BCUT2D eigenvalue weighted by atomic mass is 16.4. The van der Waals surface area contributed by atoms with Gasteiger partial charge in [-0.1, -0.05) is 12.5 Å². The number of nitrogens with two attached hydrogens (primary N) is 1. The van der Waals surface area contributed by atoms with Gasteiger partial charge < -0.3 is 25.7 Å². The number of aldehydes is 1. The molecule has 2 bridgehead atoms. The van der Waals surface area contributed by atoms with Crippen molar-refractivity contribution in [3.63, 3.8) is 0 Å². The molecule has 3 aliphatic carbocycles. The van der Waals surface area contributed by atoms with E-state index >= 15 is 0 Å². The van der Waals surface area contributed by atoms with E-state index in [9.17, 15) is 14.7 Å². The van der Waals surface area contributed by atoms with Crippen LogP contribution < -0.4 is 21.1 Å². The molecule has 1 aliphatic heterocycles. The summed E-state index contributed by atoms with van der Waals surface area (Å²) in [7, 11) is 3.73. The number of hydrogen-bond donors (Lipinski definition) is 3. The lowest BCUT2D eigenvalue weighted by Gasteiger charge is -2.60. The molecule has 0 radical (unpaired) electrons. The summed E-state index contributed by atoms with van der Waals surface area (Å²) >= 11 is 0. The second kappa shape index (κ2) is 7.20. The highest BCUT2D eigenvalue weighted by Crippen LogP contribution is 2.75. The average molecular weight is 403 g/mol. The fraction of sp³-hybridized carbons (Fsp3) is 0.773. The van der Waals surface area contributed by atoms with Crippen molar-refractivity contribution in [2.24, 2.45) is 45.2 Å². The van der Waals surface area contributed by atoms with Gasteiger partial charge in [-0.15, -0.1) is 0 Å². The lowest BCUT2D eigenvalue weighted by Crippen LogP contribution is -3.19. The number of likely N-dealkylation sites (tertiary alicyclic amines) is 1. The van der Waals surface area contributed by atoms with Crippen molar-refractivity contribution >= 4 is 18.2 Å². The van der Waals surface area contributed by atoms with Gasteiger partial charge in [-0.3, -0.25) is 4.90 Å². The summed E-state index contributed by atoms with van der Waals surface area (Å²) in [5.74, 6) is 0.134. The summed E-state index contributed by atoms with van der Waals surface area (Å²) in [6, 6.07) is 0. The Morgan fingerprint density at radius 3 is 2.79 bits per heavy atom. The Morgan fingerprint density at radius 1 is 1.41 bits per heavy atom. The number of carboxylic acids is 1. The molecule has 1 unspecified atom stereocenters. The van der Waals surface area contributed by atoms with Crippen molar-refractivity contribution < 1.29 is 19.6 Å². The minimum absolute atomic E-state index is 0.0651. The number of carbonyl (C=O) groups is 2. The first-order valence-corrected chi connectivity index (χ1v) is 11.0. The van der Waals surface area contributed by atoms with Crippen LogP contribution in [0.5, 0.6) is 0 Å². The highest BCUT2D eigenvalue weighted by Gasteiger charge is 2.73. The van der Waals surface area contributed by atoms with E-state index in [4.69, 9.17) is 5.73 Å². The monoisotopic (exact) mass is 402 g/mol. The highest BCUT2D eigenvalue weighted by molar-refractivity contribution is 5.92. The Balaban J connectivity index is 1.93. The van der Waals surface area contributed by atoms with Crippen LogP contribution in [-0.2, 0) is 9.59 Å². The van der Waals surface area contributed by atoms with Gasteiger partial charge in [0.15, 0.2) is 0 Å². The van der Waals surface area contributed by atoms with Gasteiger partial charge in [0.05, 0.1) is 19.1 Å². The van der Waals surface area contributed by atoms with E-state index in [1.165, 1.54) is 4.90 Å². The molecule has 7 heteroatoms. The van der Waals surface area contributed by atoms with Crippen molar-refractivity contribution in [1.29, 1.82) is 0 Å². The average Bonchev–Trinajstić information content (AvgIpc) is 3.12. The van der Waals surface area contributed by atoms with Gasteiger partial charge in [-0.05, 0) is 62.6 Å². The maximum absolute atomic E-state index is 12.1. The number of piperidine rings is 1. The molecule has 1 heterocycles. The van der Waals surface area contributed by atoms with E-state index in [2.05, 4.69) is 17.2 Å². The quantitative estimate of drug-likeness (QED) is 0.309. The lowest BCUT2D eigenvalue weighted by atomic mass is 9.45. The summed E-state index contributed by atoms with van der Waals surface area (Å²) in [6.45, 7) is 4.98. The SMILES string of the molecule is CN=C(N)[NH+]1CC[C@H](CNC)[C@@]2(C1)[C@@H]1CC[C@@H](C)[C@]23C[C@H](C=O)C(C(=O)[O-])=C3C1. The molecule has 29 heavy (non-hydrogen) atoms. The molecule has 2 spiro atoms. The summed E-state index contributed by atoms with van der Waals surface area (Å²) in [5.41, 5.74) is 7.30. The summed E-state index contributed by atoms with van der Waals surface area (Å²) < 4.78 is 0. The summed E-state index contributed by atoms with van der Waals surface area (Å²) in [5, 5.41) is 15.5. The number of allylic oxidation sites excluding steroid dienone is 1.